The van der Waals surface area contributed by atoms with Gasteiger partial charge in [-0.05, 0) is 31.4 Å². The number of aliphatic hydroxyl groups excluding tert-OH is 1. The van der Waals surface area contributed by atoms with Crippen molar-refractivity contribution in [3.63, 3.8) is 0 Å². The van der Waals surface area contributed by atoms with Crippen molar-refractivity contribution in [3.8, 4) is 5.75 Å². The van der Waals surface area contributed by atoms with Crippen LogP contribution in [0, 0.1) is 40.9 Å². The average molecular weight is 629 g/mol. The molecule has 1 unspecified atom stereocenters. The van der Waals surface area contributed by atoms with Gasteiger partial charge in [0.05, 0.1) is 29.7 Å². The Kier molecular flexibility index (Phi) is 10.9. The van der Waals surface area contributed by atoms with Crippen molar-refractivity contribution in [2.75, 3.05) is 0 Å². The van der Waals surface area contributed by atoms with Crippen LogP contribution in [0.2, 0.25) is 0 Å². The Labute approximate surface area is 249 Å². The van der Waals surface area contributed by atoms with Gasteiger partial charge in [0.2, 0.25) is 23.5 Å². The van der Waals surface area contributed by atoms with E-state index in [9.17, 15) is 51.3 Å². The highest BCUT2D eigenvalue weighted by molar-refractivity contribution is 6.00. The lowest BCUT2D eigenvalue weighted by atomic mass is 9.90. The molecule has 3 rings (SSSR count). The third-order valence-corrected chi connectivity index (χ3v) is 7.32. The monoisotopic (exact) mass is 628 g/mol. The number of benzene rings is 2. The number of rotatable bonds is 6. The Morgan fingerprint density at radius 2 is 1.43 bits per heavy atom. The molecule has 1 heterocycles. The fourth-order valence-corrected chi connectivity index (χ4v) is 4.80. The molecule has 240 valence electrons. The molecule has 0 bridgehead atoms. The van der Waals surface area contributed by atoms with E-state index in [4.69, 9.17) is 0 Å². The van der Waals surface area contributed by atoms with Crippen LogP contribution < -0.4 is 21.3 Å². The zero-order valence-corrected chi connectivity index (χ0v) is 24.2. The molecular weight excluding hydrogens is 595 g/mol. The van der Waals surface area contributed by atoms with E-state index in [1.165, 1.54) is 38.1 Å². The van der Waals surface area contributed by atoms with Gasteiger partial charge in [-0.1, -0.05) is 32.9 Å². The predicted molar refractivity (Wildman–Crippen MR) is 145 cm³/mol. The number of aromatic hydroxyl groups is 1. The van der Waals surface area contributed by atoms with Crippen LogP contribution in [-0.4, -0.2) is 64.1 Å². The zero-order valence-electron chi connectivity index (χ0n) is 24.2. The summed E-state index contributed by atoms with van der Waals surface area (Å²) in [6.07, 6.45) is -3.03. The lowest BCUT2D eigenvalue weighted by Gasteiger charge is -2.34. The van der Waals surface area contributed by atoms with Gasteiger partial charge in [-0.3, -0.25) is 19.2 Å². The smallest absolute Gasteiger partial charge is 0.255 e. The van der Waals surface area contributed by atoms with E-state index in [-0.39, 0.29) is 17.9 Å². The zero-order chi connectivity index (χ0) is 33.0. The summed E-state index contributed by atoms with van der Waals surface area (Å²) >= 11 is 0. The Morgan fingerprint density at radius 1 is 0.864 bits per heavy atom. The molecule has 1 aliphatic heterocycles. The SMILES string of the molecule is CC(C)CC1NC(=O)[C@H](C)[C@H](O)[C@H](Cc2c(F)c(F)c(F)c(F)c2F)NC(=O)[C@@H](NC(=O)c2ccccc2O)[C@@H](C)NC1=O. The highest BCUT2D eigenvalue weighted by Gasteiger charge is 2.39. The third kappa shape index (κ3) is 7.44. The van der Waals surface area contributed by atoms with Crippen molar-refractivity contribution < 1.29 is 51.3 Å². The number of hydrogen-bond acceptors (Lipinski definition) is 6. The summed E-state index contributed by atoms with van der Waals surface area (Å²) < 4.78 is 70.9. The van der Waals surface area contributed by atoms with Gasteiger partial charge in [0, 0.05) is 12.0 Å². The van der Waals surface area contributed by atoms with Crippen LogP contribution in [0.1, 0.15) is 50.0 Å². The molecule has 0 aromatic heterocycles. The molecule has 6 N–H and O–H groups in total. The van der Waals surface area contributed by atoms with Crippen molar-refractivity contribution in [2.45, 2.75) is 70.8 Å². The fraction of sp³-hybridized carbons (Fsp3) is 0.448. The first-order chi connectivity index (χ1) is 20.5. The third-order valence-electron chi connectivity index (χ3n) is 7.32. The quantitative estimate of drug-likeness (QED) is 0.163. The van der Waals surface area contributed by atoms with Crippen LogP contribution in [0.3, 0.4) is 0 Å². The van der Waals surface area contributed by atoms with E-state index < -0.39 is 107 Å². The summed E-state index contributed by atoms with van der Waals surface area (Å²) in [5.41, 5.74) is -1.61. The number of phenols is 1. The van der Waals surface area contributed by atoms with Gasteiger partial charge in [-0.25, -0.2) is 22.0 Å². The molecule has 2 aromatic rings. The first-order valence-electron chi connectivity index (χ1n) is 13.7. The molecule has 15 heteroatoms. The first kappa shape index (κ1) is 34.2. The molecule has 1 saturated heterocycles. The second-order valence-corrected chi connectivity index (χ2v) is 11.1. The highest BCUT2D eigenvalue weighted by atomic mass is 19.2. The minimum absolute atomic E-state index is 0.113. The first-order valence-corrected chi connectivity index (χ1v) is 13.7. The number of para-hydroxylation sites is 1. The molecule has 0 saturated carbocycles. The topological polar surface area (TPSA) is 157 Å². The van der Waals surface area contributed by atoms with Crippen molar-refractivity contribution in [1.29, 1.82) is 0 Å². The summed E-state index contributed by atoms with van der Waals surface area (Å²) in [7, 11) is 0. The summed E-state index contributed by atoms with van der Waals surface area (Å²) in [5.74, 6) is -17.1. The normalized spacial score (nSPS) is 24.9. The maximum absolute atomic E-state index is 14.6. The van der Waals surface area contributed by atoms with E-state index >= 15 is 0 Å². The van der Waals surface area contributed by atoms with E-state index in [1.807, 2.05) is 0 Å². The number of carbonyl (C=O) groups is 4. The average Bonchev–Trinajstić information content (AvgIpc) is 2.97. The highest BCUT2D eigenvalue weighted by Crippen LogP contribution is 2.26. The van der Waals surface area contributed by atoms with Gasteiger partial charge in [0.25, 0.3) is 5.91 Å². The summed E-state index contributed by atoms with van der Waals surface area (Å²) in [6, 6.07) is -0.594. The van der Waals surface area contributed by atoms with Gasteiger partial charge in [0.15, 0.2) is 23.3 Å². The number of phenolic OH excluding ortho intramolecular Hbond substituents is 1. The molecule has 10 nitrogen and oxygen atoms in total. The van der Waals surface area contributed by atoms with Gasteiger partial charge >= 0.3 is 0 Å². The summed E-state index contributed by atoms with van der Waals surface area (Å²) in [5, 5.41) is 30.8. The number of amides is 4. The van der Waals surface area contributed by atoms with Crippen molar-refractivity contribution in [3.05, 3.63) is 64.5 Å². The summed E-state index contributed by atoms with van der Waals surface area (Å²) in [4.78, 5) is 52.9. The number of nitrogens with one attached hydrogen (secondary N) is 4. The predicted octanol–water partition coefficient (Wildman–Crippen LogP) is 1.96. The molecule has 6 atom stereocenters. The number of halogens is 5. The maximum atomic E-state index is 14.6. The Hall–Kier alpha value is -4.27. The fourth-order valence-electron chi connectivity index (χ4n) is 4.80. The minimum atomic E-state index is -2.41. The van der Waals surface area contributed by atoms with Crippen molar-refractivity contribution in [1.82, 2.24) is 21.3 Å². The molecule has 1 aliphatic rings. The molecule has 1 fully saturated rings. The van der Waals surface area contributed by atoms with Gasteiger partial charge in [-0.2, -0.15) is 0 Å². The number of hydrogen-bond donors (Lipinski definition) is 6. The molecular formula is C29H33F5N4O6. The largest absolute Gasteiger partial charge is 0.507 e. The number of aliphatic hydroxyl groups is 1. The molecule has 4 amide bonds. The van der Waals surface area contributed by atoms with Crippen molar-refractivity contribution in [2.24, 2.45) is 11.8 Å². The van der Waals surface area contributed by atoms with Crippen LogP contribution in [0.5, 0.6) is 5.75 Å². The molecule has 2 aromatic carbocycles. The minimum Gasteiger partial charge on any atom is -0.507 e. The molecule has 0 aliphatic carbocycles. The second kappa shape index (κ2) is 14.0. The lowest BCUT2D eigenvalue weighted by Crippen LogP contribution is -2.64. The van der Waals surface area contributed by atoms with Crippen LogP contribution in [-0.2, 0) is 20.8 Å². The van der Waals surface area contributed by atoms with Crippen LogP contribution >= 0.6 is 0 Å². The number of carbonyl (C=O) groups excluding carboxylic acids is 4. The van der Waals surface area contributed by atoms with E-state index in [2.05, 4.69) is 21.3 Å². The molecule has 0 radical (unpaired) electrons. The van der Waals surface area contributed by atoms with Crippen LogP contribution in [0.4, 0.5) is 22.0 Å². The molecule has 44 heavy (non-hydrogen) atoms. The van der Waals surface area contributed by atoms with Gasteiger partial charge < -0.3 is 31.5 Å². The van der Waals surface area contributed by atoms with E-state index in [0.717, 1.165) is 0 Å². The Morgan fingerprint density at radius 3 is 2.00 bits per heavy atom. The Bertz CT molecular complexity index is 1410. The van der Waals surface area contributed by atoms with Crippen LogP contribution in [0.25, 0.3) is 0 Å². The van der Waals surface area contributed by atoms with Crippen LogP contribution in [0.15, 0.2) is 24.3 Å². The second-order valence-electron chi connectivity index (χ2n) is 11.1. The maximum Gasteiger partial charge on any atom is 0.255 e. The van der Waals surface area contributed by atoms with Crippen molar-refractivity contribution >= 4 is 23.6 Å². The standard InChI is InChI=1S/C29H33F5N4O6/c1-11(2)9-17-28(43)35-13(4)24(38-27(42)14-7-5-6-8-18(14)39)29(44)36-16(25(40)12(3)26(41)37-17)10-15-19(30)21(32)23(34)22(33)20(15)31/h5-8,11-13,16-17,24-25,39-40H,9-10H2,1-4H3,(H,35,43)(H,36,44)(H,37,41)(H,38,42)/t12-,13-,16+,17?,24+,25+/m1/s1. The van der Waals surface area contributed by atoms with E-state index in [0.29, 0.717) is 0 Å². The van der Waals surface area contributed by atoms with E-state index in [1.54, 1.807) is 13.8 Å². The molecule has 0 spiro atoms. The van der Waals surface area contributed by atoms with Gasteiger partial charge in [-0.15, -0.1) is 0 Å². The lowest BCUT2D eigenvalue weighted by molar-refractivity contribution is -0.136. The Balaban J connectivity index is 2.10. The van der Waals surface area contributed by atoms with Gasteiger partial charge in [0.1, 0.15) is 17.8 Å². The summed E-state index contributed by atoms with van der Waals surface area (Å²) in [6.45, 7) is 6.03.